The van der Waals surface area contributed by atoms with Crippen LogP contribution in [0.2, 0.25) is 0 Å². The van der Waals surface area contributed by atoms with Crippen LogP contribution >= 0.6 is 10.3 Å². The van der Waals surface area contributed by atoms with E-state index in [1.165, 1.54) is 13.8 Å². The van der Waals surface area contributed by atoms with Crippen molar-refractivity contribution in [3.05, 3.63) is 0 Å². The zero-order chi connectivity index (χ0) is 22.8. The maximum atomic E-state index is 13.8. The second-order valence-corrected chi connectivity index (χ2v) is 11.0. The Morgan fingerprint density at radius 2 is 1.25 bits per heavy atom. The van der Waals surface area contributed by atoms with Crippen molar-refractivity contribution in [3.8, 4) is 0 Å². The van der Waals surface area contributed by atoms with E-state index in [1.54, 1.807) is 6.92 Å². The summed E-state index contributed by atoms with van der Waals surface area (Å²) in [5.74, 6) is -17.0. The molecule has 0 fully saturated rings. The maximum absolute atomic E-state index is 13.8. The standard InChI is InChI=1S/C13H19F9O4S2/c1-4-7-9(23)8-27(5-2,6-3)26-28(24,25)13(21,22)11(16,17)10(14,15)12(18,19)20/h4-8H2,1-3H3. The van der Waals surface area contributed by atoms with Crippen LogP contribution in [0.15, 0.2) is 0 Å². The third-order valence-electron chi connectivity index (χ3n) is 3.67. The molecule has 0 bridgehead atoms. The van der Waals surface area contributed by atoms with Gasteiger partial charge in [0.25, 0.3) is 0 Å². The molecule has 0 unspecified atom stereocenters. The first-order valence-electron chi connectivity index (χ1n) is 7.72. The number of ketones is 1. The zero-order valence-corrected chi connectivity index (χ0v) is 16.5. The molecule has 28 heavy (non-hydrogen) atoms. The molecule has 4 nitrogen and oxygen atoms in total. The molecule has 0 atom stereocenters. The number of carbonyl (C=O) groups excluding carboxylic acids is 1. The van der Waals surface area contributed by atoms with E-state index in [1.807, 2.05) is 0 Å². The molecule has 0 aliphatic heterocycles. The lowest BCUT2D eigenvalue weighted by Crippen LogP contribution is -2.63. The summed E-state index contributed by atoms with van der Waals surface area (Å²) < 4.78 is 144. The average Bonchev–Trinajstić information content (AvgIpc) is 2.52. The van der Waals surface area contributed by atoms with Crippen molar-refractivity contribution in [2.75, 3.05) is 17.3 Å². The van der Waals surface area contributed by atoms with Gasteiger partial charge in [-0.15, -0.1) is 10.3 Å². The third kappa shape index (κ3) is 4.89. The lowest BCUT2D eigenvalue weighted by atomic mass is 10.1. The van der Waals surface area contributed by atoms with Crippen molar-refractivity contribution in [3.63, 3.8) is 0 Å². The Bertz CT molecular complexity index is 655. The Morgan fingerprint density at radius 3 is 1.57 bits per heavy atom. The molecule has 0 aliphatic rings. The summed E-state index contributed by atoms with van der Waals surface area (Å²) in [5.41, 5.74) is 0. The highest BCUT2D eigenvalue weighted by atomic mass is 32.3. The van der Waals surface area contributed by atoms with Crippen molar-refractivity contribution in [1.82, 2.24) is 0 Å². The molecule has 0 radical (unpaired) electrons. The Balaban J connectivity index is 6.16. The van der Waals surface area contributed by atoms with Crippen LogP contribution in [0.5, 0.6) is 0 Å². The Kier molecular flexibility index (Phi) is 8.36. The van der Waals surface area contributed by atoms with Crippen LogP contribution in [-0.2, 0) is 18.5 Å². The highest BCUT2D eigenvalue weighted by molar-refractivity contribution is 8.33. The summed E-state index contributed by atoms with van der Waals surface area (Å²) in [7, 11) is -10.3. The number of hydrogen-bond donors (Lipinski definition) is 0. The molecule has 0 heterocycles. The molecule has 0 aromatic rings. The number of halogens is 9. The molecule has 0 spiro atoms. The first kappa shape index (κ1) is 27.3. The van der Waals surface area contributed by atoms with Crippen molar-refractivity contribution in [1.29, 1.82) is 0 Å². The minimum atomic E-state index is -7.37. The Labute approximate surface area is 157 Å². The minimum Gasteiger partial charge on any atom is -0.299 e. The summed E-state index contributed by atoms with van der Waals surface area (Å²) in [5, 5.41) is -6.92. The number of hydrogen-bond acceptors (Lipinski definition) is 4. The third-order valence-corrected chi connectivity index (χ3v) is 9.38. The average molecular weight is 474 g/mol. The van der Waals surface area contributed by atoms with Crippen molar-refractivity contribution >= 4 is 26.2 Å². The quantitative estimate of drug-likeness (QED) is 0.401. The number of carbonyl (C=O) groups is 1. The molecule has 15 heteroatoms. The molecule has 0 rings (SSSR count). The van der Waals surface area contributed by atoms with Crippen LogP contribution in [0.4, 0.5) is 39.5 Å². The van der Waals surface area contributed by atoms with Gasteiger partial charge in [-0.1, -0.05) is 20.8 Å². The largest absolute Gasteiger partial charge is 0.460 e. The summed E-state index contributed by atoms with van der Waals surface area (Å²) in [4.78, 5) is 11.7. The van der Waals surface area contributed by atoms with Gasteiger partial charge in [0, 0.05) is 6.42 Å². The monoisotopic (exact) mass is 474 g/mol. The Hall–Kier alpha value is -0.700. The molecule has 0 N–H and O–H groups in total. The van der Waals surface area contributed by atoms with E-state index < -0.39 is 66.7 Å². The van der Waals surface area contributed by atoms with Crippen LogP contribution in [0.1, 0.15) is 33.6 Å². The van der Waals surface area contributed by atoms with Crippen molar-refractivity contribution < 1.29 is 56.4 Å². The van der Waals surface area contributed by atoms with Gasteiger partial charge in [0.15, 0.2) is 0 Å². The number of rotatable bonds is 11. The first-order valence-corrected chi connectivity index (χ1v) is 11.2. The number of Topliss-reactive ketones (excluding diaryl/α,β-unsaturated/α-hetero) is 1. The molecular formula is C13H19F9O4S2. The van der Waals surface area contributed by atoms with Gasteiger partial charge in [0.05, 0.1) is 5.75 Å². The molecule has 0 saturated carbocycles. The van der Waals surface area contributed by atoms with E-state index in [4.69, 9.17) is 0 Å². The first-order chi connectivity index (χ1) is 12.3. The maximum Gasteiger partial charge on any atom is 0.460 e. The van der Waals surface area contributed by atoms with Crippen molar-refractivity contribution in [2.24, 2.45) is 0 Å². The van der Waals surface area contributed by atoms with Gasteiger partial charge in [-0.25, -0.2) is 3.63 Å². The predicted octanol–water partition coefficient (Wildman–Crippen LogP) is 4.89. The van der Waals surface area contributed by atoms with Gasteiger partial charge in [0.1, 0.15) is 5.78 Å². The van der Waals surface area contributed by atoms with Crippen LogP contribution in [0, 0.1) is 0 Å². The molecular weight excluding hydrogens is 455 g/mol. The highest BCUT2D eigenvalue weighted by Gasteiger charge is 2.86. The molecule has 0 aliphatic carbocycles. The summed E-state index contributed by atoms with van der Waals surface area (Å²) in [6.07, 6.45) is -7.01. The van der Waals surface area contributed by atoms with E-state index in [9.17, 15) is 52.7 Å². The van der Waals surface area contributed by atoms with Crippen LogP contribution in [-0.4, -0.2) is 54.7 Å². The molecule has 0 saturated heterocycles. The normalized spacial score (nSPS) is 15.6. The highest BCUT2D eigenvalue weighted by Crippen LogP contribution is 2.58. The van der Waals surface area contributed by atoms with Crippen LogP contribution < -0.4 is 0 Å². The van der Waals surface area contributed by atoms with Gasteiger partial charge in [-0.3, -0.25) is 4.79 Å². The topological polar surface area (TPSA) is 60.4 Å². The van der Waals surface area contributed by atoms with E-state index in [0.717, 1.165) is 0 Å². The fourth-order valence-corrected chi connectivity index (χ4v) is 6.74. The second kappa shape index (κ2) is 8.58. The summed E-state index contributed by atoms with van der Waals surface area (Å²) in [6.45, 7) is 3.90. The fraction of sp³-hybridized carbons (Fsp3) is 0.923. The van der Waals surface area contributed by atoms with E-state index in [-0.39, 0.29) is 12.8 Å². The predicted molar refractivity (Wildman–Crippen MR) is 84.4 cm³/mol. The van der Waals surface area contributed by atoms with Gasteiger partial charge >= 0.3 is 33.4 Å². The van der Waals surface area contributed by atoms with Crippen LogP contribution in [0.25, 0.3) is 0 Å². The summed E-state index contributed by atoms with van der Waals surface area (Å²) >= 11 is 0. The van der Waals surface area contributed by atoms with E-state index in [0.29, 0.717) is 0 Å². The van der Waals surface area contributed by atoms with Gasteiger partial charge in [-0.05, 0) is 17.9 Å². The van der Waals surface area contributed by atoms with E-state index >= 15 is 0 Å². The van der Waals surface area contributed by atoms with Gasteiger partial charge in [0.2, 0.25) is 0 Å². The fourth-order valence-electron chi connectivity index (χ4n) is 1.92. The lowest BCUT2D eigenvalue weighted by Gasteiger charge is -2.39. The van der Waals surface area contributed by atoms with Gasteiger partial charge in [-0.2, -0.15) is 47.9 Å². The minimum absolute atomic E-state index is 0.128. The molecule has 170 valence electrons. The lowest BCUT2D eigenvalue weighted by molar-refractivity contribution is -0.382. The molecule has 0 aromatic carbocycles. The van der Waals surface area contributed by atoms with Gasteiger partial charge < -0.3 is 0 Å². The van der Waals surface area contributed by atoms with E-state index in [2.05, 4.69) is 3.63 Å². The van der Waals surface area contributed by atoms with Crippen LogP contribution in [0.3, 0.4) is 0 Å². The van der Waals surface area contributed by atoms with Crippen molar-refractivity contribution in [2.45, 2.75) is 56.9 Å². The zero-order valence-electron chi connectivity index (χ0n) is 14.9. The summed E-state index contributed by atoms with van der Waals surface area (Å²) in [6, 6.07) is 0. The second-order valence-electron chi connectivity index (χ2n) is 5.66. The Morgan fingerprint density at radius 1 is 0.821 bits per heavy atom. The molecule has 0 aromatic heterocycles. The smallest absolute Gasteiger partial charge is 0.299 e. The SMILES string of the molecule is CCCC(=O)CS(CC)(CC)OS(=O)(=O)C(F)(F)C(F)(F)C(F)(F)C(F)(F)F. The number of alkyl halides is 9. The molecule has 0 amide bonds.